The van der Waals surface area contributed by atoms with Crippen molar-refractivity contribution in [2.45, 2.75) is 6.61 Å². The Hall–Kier alpha value is -0.760. The Balaban J connectivity index is 2.61. The van der Waals surface area contributed by atoms with Gasteiger partial charge in [-0.05, 0) is 11.6 Å². The lowest BCUT2D eigenvalue weighted by atomic mass is 10.4. The van der Waals surface area contributed by atoms with Crippen molar-refractivity contribution in [1.82, 2.24) is 4.57 Å². The molecule has 0 aliphatic carbocycles. The van der Waals surface area contributed by atoms with E-state index >= 15 is 0 Å². The first-order valence-corrected chi connectivity index (χ1v) is 2.85. The summed E-state index contributed by atoms with van der Waals surface area (Å²) in [6.07, 6.45) is 4.98. The van der Waals surface area contributed by atoms with Gasteiger partial charge in [0, 0.05) is 20.4 Å². The third kappa shape index (κ3) is 1.57. The Labute approximate surface area is 55.1 Å². The van der Waals surface area contributed by atoms with Crippen LogP contribution in [-0.2, 0) is 18.4 Å². The fourth-order valence-electron chi connectivity index (χ4n) is 0.754. The molecule has 0 bridgehead atoms. The maximum atomic E-state index is 4.91. The Bertz CT molecular complexity index is 181. The summed E-state index contributed by atoms with van der Waals surface area (Å²) >= 11 is 0. The summed E-state index contributed by atoms with van der Waals surface area (Å²) in [5.41, 5.74) is 1.17. The molecule has 2 heteroatoms. The van der Waals surface area contributed by atoms with Gasteiger partial charge in [0.15, 0.2) is 0 Å². The van der Waals surface area contributed by atoms with Crippen LogP contribution >= 0.6 is 0 Å². The number of nitrogens with zero attached hydrogens (tertiary/aromatic N) is 1. The lowest BCUT2D eigenvalue weighted by Gasteiger charge is -1.90. The molecule has 0 unspecified atom stereocenters. The quantitative estimate of drug-likeness (QED) is 0.573. The Morgan fingerprint density at radius 1 is 1.78 bits per heavy atom. The van der Waals surface area contributed by atoms with Gasteiger partial charge in [-0.25, -0.2) is 0 Å². The monoisotopic (exact) mass is 124 g/mol. The first kappa shape index (κ1) is 6.36. The van der Waals surface area contributed by atoms with E-state index in [1.54, 1.807) is 7.11 Å². The number of aromatic nitrogens is 1. The van der Waals surface area contributed by atoms with Gasteiger partial charge in [-0.15, -0.1) is 0 Å². The zero-order valence-electron chi connectivity index (χ0n) is 5.72. The molecular weight excluding hydrogens is 114 g/mol. The second-order valence-electron chi connectivity index (χ2n) is 2.02. The van der Waals surface area contributed by atoms with Gasteiger partial charge in [0.25, 0.3) is 0 Å². The highest BCUT2D eigenvalue weighted by molar-refractivity contribution is 5.06. The molecule has 0 spiro atoms. The largest absolute Gasteiger partial charge is 0.380 e. The lowest BCUT2D eigenvalue weighted by molar-refractivity contribution is 0.185. The fourth-order valence-corrected chi connectivity index (χ4v) is 0.754. The third-order valence-electron chi connectivity index (χ3n) is 1.12. The summed E-state index contributed by atoms with van der Waals surface area (Å²) in [5, 5.41) is 0. The topological polar surface area (TPSA) is 14.2 Å². The number of methoxy groups -OCH3 is 1. The van der Waals surface area contributed by atoms with Crippen molar-refractivity contribution < 1.29 is 4.74 Å². The molecule has 1 aromatic heterocycles. The van der Waals surface area contributed by atoms with Gasteiger partial charge in [-0.3, -0.25) is 0 Å². The molecule has 49 valence electrons. The van der Waals surface area contributed by atoms with Crippen molar-refractivity contribution in [2.24, 2.45) is 7.05 Å². The predicted molar refractivity (Wildman–Crippen MR) is 35.0 cm³/mol. The Morgan fingerprint density at radius 3 is 3.00 bits per heavy atom. The SMILES string of the molecule is COCc1c[c]n(C)c1. The normalized spacial score (nSPS) is 10.0. The standard InChI is InChI=1S/C7H10NO/c1-8-4-3-7(5-8)6-9-2/h3,5H,6H2,1-2H3. The average Bonchev–Trinajstić information content (AvgIpc) is 2.17. The average molecular weight is 124 g/mol. The van der Waals surface area contributed by atoms with Crippen LogP contribution in [0, 0.1) is 6.20 Å². The highest BCUT2D eigenvalue weighted by Crippen LogP contribution is 1.98. The van der Waals surface area contributed by atoms with Crippen LogP contribution in [0.2, 0.25) is 0 Å². The zero-order valence-corrected chi connectivity index (χ0v) is 5.72. The van der Waals surface area contributed by atoms with Crippen LogP contribution in [0.3, 0.4) is 0 Å². The molecule has 1 radical (unpaired) electrons. The summed E-state index contributed by atoms with van der Waals surface area (Å²) in [5.74, 6) is 0. The summed E-state index contributed by atoms with van der Waals surface area (Å²) in [4.78, 5) is 0. The summed E-state index contributed by atoms with van der Waals surface area (Å²) in [6.45, 7) is 0.678. The van der Waals surface area contributed by atoms with E-state index in [0.29, 0.717) is 6.61 Å². The summed E-state index contributed by atoms with van der Waals surface area (Å²) in [6, 6.07) is 1.92. The molecule has 0 aliphatic heterocycles. The summed E-state index contributed by atoms with van der Waals surface area (Å²) < 4.78 is 6.79. The molecule has 0 saturated heterocycles. The van der Waals surface area contributed by atoms with Gasteiger partial charge in [0.2, 0.25) is 0 Å². The molecule has 0 aromatic carbocycles. The smallest absolute Gasteiger partial charge is 0.0728 e. The van der Waals surface area contributed by atoms with Crippen molar-refractivity contribution >= 4 is 0 Å². The van der Waals surface area contributed by atoms with Gasteiger partial charge in [0.05, 0.1) is 12.8 Å². The van der Waals surface area contributed by atoms with Crippen LogP contribution in [-0.4, -0.2) is 11.7 Å². The van der Waals surface area contributed by atoms with Crippen molar-refractivity contribution in [3.8, 4) is 0 Å². The summed E-state index contributed by atoms with van der Waals surface area (Å²) in [7, 11) is 3.63. The fraction of sp³-hybridized carbons (Fsp3) is 0.429. The second-order valence-corrected chi connectivity index (χ2v) is 2.02. The molecule has 1 aromatic rings. The molecule has 0 N–H and O–H groups in total. The van der Waals surface area contributed by atoms with Crippen molar-refractivity contribution in [3.63, 3.8) is 0 Å². The van der Waals surface area contributed by atoms with Crippen molar-refractivity contribution in [2.75, 3.05) is 7.11 Å². The minimum absolute atomic E-state index is 0.678. The van der Waals surface area contributed by atoms with Gasteiger partial charge < -0.3 is 9.30 Å². The van der Waals surface area contributed by atoms with Crippen LogP contribution in [0.25, 0.3) is 0 Å². The molecule has 0 atom stereocenters. The molecule has 2 nitrogen and oxygen atoms in total. The molecule has 0 amide bonds. The van der Waals surface area contributed by atoms with E-state index in [4.69, 9.17) is 4.74 Å². The molecule has 1 rings (SSSR count). The van der Waals surface area contributed by atoms with E-state index in [-0.39, 0.29) is 0 Å². The number of hydrogen-bond donors (Lipinski definition) is 0. The van der Waals surface area contributed by atoms with Crippen LogP contribution in [0.15, 0.2) is 12.3 Å². The minimum Gasteiger partial charge on any atom is -0.380 e. The maximum Gasteiger partial charge on any atom is 0.0728 e. The number of hydrogen-bond acceptors (Lipinski definition) is 1. The molecular formula is C7H10NO. The zero-order chi connectivity index (χ0) is 6.69. The molecule has 1 heterocycles. The van der Waals surface area contributed by atoms with E-state index in [9.17, 15) is 0 Å². The van der Waals surface area contributed by atoms with Crippen LogP contribution in [0.4, 0.5) is 0 Å². The number of rotatable bonds is 2. The predicted octanol–water partition coefficient (Wildman–Crippen LogP) is 0.972. The first-order valence-electron chi connectivity index (χ1n) is 2.85. The van der Waals surface area contributed by atoms with Crippen molar-refractivity contribution in [3.05, 3.63) is 24.0 Å². The van der Waals surface area contributed by atoms with E-state index in [2.05, 4.69) is 6.20 Å². The van der Waals surface area contributed by atoms with E-state index in [1.165, 1.54) is 5.56 Å². The van der Waals surface area contributed by atoms with Crippen LogP contribution in [0.1, 0.15) is 5.56 Å². The highest BCUT2D eigenvalue weighted by Gasteiger charge is 1.90. The van der Waals surface area contributed by atoms with Gasteiger partial charge in [-0.1, -0.05) is 0 Å². The van der Waals surface area contributed by atoms with Crippen LogP contribution in [0.5, 0.6) is 0 Å². The molecule has 9 heavy (non-hydrogen) atoms. The molecule has 0 aliphatic rings. The number of aryl methyl sites for hydroxylation is 1. The molecule has 0 fully saturated rings. The second kappa shape index (κ2) is 2.69. The third-order valence-corrected chi connectivity index (χ3v) is 1.12. The number of ether oxygens (including phenoxy) is 1. The highest BCUT2D eigenvalue weighted by atomic mass is 16.5. The van der Waals surface area contributed by atoms with E-state index in [0.717, 1.165) is 0 Å². The Morgan fingerprint density at radius 2 is 2.56 bits per heavy atom. The van der Waals surface area contributed by atoms with E-state index < -0.39 is 0 Å². The first-order chi connectivity index (χ1) is 4.33. The minimum atomic E-state index is 0.678. The van der Waals surface area contributed by atoms with Crippen molar-refractivity contribution in [1.29, 1.82) is 0 Å². The lowest BCUT2D eigenvalue weighted by Crippen LogP contribution is -1.84. The van der Waals surface area contributed by atoms with Crippen LogP contribution < -0.4 is 0 Å². The van der Waals surface area contributed by atoms with Gasteiger partial charge in [-0.2, -0.15) is 0 Å². The molecule has 0 saturated carbocycles. The van der Waals surface area contributed by atoms with Gasteiger partial charge in [0.1, 0.15) is 0 Å². The Kier molecular flexibility index (Phi) is 1.90. The maximum absolute atomic E-state index is 4.91. The van der Waals surface area contributed by atoms with Gasteiger partial charge >= 0.3 is 0 Å². The van der Waals surface area contributed by atoms with E-state index in [1.807, 2.05) is 23.9 Å².